The Kier molecular flexibility index (Phi) is 4.87. The number of rotatable bonds is 2. The van der Waals surface area contributed by atoms with E-state index in [-0.39, 0.29) is 5.91 Å². The van der Waals surface area contributed by atoms with Crippen LogP contribution in [0.25, 0.3) is 0 Å². The maximum absolute atomic E-state index is 12.7. The molecule has 21 heavy (non-hydrogen) atoms. The van der Waals surface area contributed by atoms with Gasteiger partial charge in [-0.1, -0.05) is 17.7 Å². The number of piperidine rings is 1. The van der Waals surface area contributed by atoms with Crippen LogP contribution in [0.3, 0.4) is 0 Å². The summed E-state index contributed by atoms with van der Waals surface area (Å²) < 4.78 is 0.781. The summed E-state index contributed by atoms with van der Waals surface area (Å²) in [6.07, 6.45) is 4.87. The largest absolute Gasteiger partial charge is 0.337 e. The highest BCUT2D eigenvalue weighted by Gasteiger charge is 2.30. The number of likely N-dealkylation sites (tertiary alicyclic amines) is 2. The molecule has 0 aromatic heterocycles. The van der Waals surface area contributed by atoms with Crippen LogP contribution in [0.2, 0.25) is 5.02 Å². The first-order chi connectivity index (χ1) is 10.2. The Morgan fingerprint density at radius 2 is 1.95 bits per heavy atom. The van der Waals surface area contributed by atoms with Crippen LogP contribution in [0.1, 0.15) is 36.0 Å². The van der Waals surface area contributed by atoms with E-state index in [9.17, 15) is 4.79 Å². The molecule has 2 aliphatic heterocycles. The van der Waals surface area contributed by atoms with E-state index in [0.717, 1.165) is 24.0 Å². The lowest BCUT2D eigenvalue weighted by molar-refractivity contribution is 0.0608. The molecule has 2 saturated heterocycles. The van der Waals surface area contributed by atoms with Gasteiger partial charge in [-0.05, 0) is 66.8 Å². The van der Waals surface area contributed by atoms with Gasteiger partial charge in [-0.25, -0.2) is 0 Å². The molecule has 1 unspecified atom stereocenters. The summed E-state index contributed by atoms with van der Waals surface area (Å²) >= 11 is 9.66. The average Bonchev–Trinajstić information content (AvgIpc) is 3.04. The molecule has 2 aliphatic rings. The van der Waals surface area contributed by atoms with Crippen molar-refractivity contribution in [2.75, 3.05) is 26.2 Å². The highest BCUT2D eigenvalue weighted by molar-refractivity contribution is 9.10. The Morgan fingerprint density at radius 1 is 1.19 bits per heavy atom. The van der Waals surface area contributed by atoms with Gasteiger partial charge in [-0.2, -0.15) is 0 Å². The number of benzene rings is 1. The minimum absolute atomic E-state index is 0.0604. The van der Waals surface area contributed by atoms with Crippen LogP contribution in [-0.2, 0) is 0 Å². The molecule has 3 rings (SSSR count). The number of halogens is 2. The lowest BCUT2D eigenvalue weighted by Crippen LogP contribution is -2.49. The molecule has 0 N–H and O–H groups in total. The second-order valence-corrected chi connectivity index (χ2v) is 7.12. The van der Waals surface area contributed by atoms with Crippen molar-refractivity contribution in [2.45, 2.75) is 31.7 Å². The monoisotopic (exact) mass is 370 g/mol. The van der Waals surface area contributed by atoms with Gasteiger partial charge in [-0.15, -0.1) is 0 Å². The van der Waals surface area contributed by atoms with Crippen molar-refractivity contribution in [3.05, 3.63) is 33.3 Å². The zero-order valence-corrected chi connectivity index (χ0v) is 14.4. The minimum atomic E-state index is 0.0604. The van der Waals surface area contributed by atoms with Crippen molar-refractivity contribution in [1.29, 1.82) is 0 Å². The van der Waals surface area contributed by atoms with Crippen molar-refractivity contribution < 1.29 is 4.79 Å². The van der Waals surface area contributed by atoms with Gasteiger partial charge in [0, 0.05) is 23.6 Å². The van der Waals surface area contributed by atoms with Crippen LogP contribution < -0.4 is 0 Å². The predicted octanol–water partition coefficient (Wildman–Crippen LogP) is 3.80. The maximum Gasteiger partial charge on any atom is 0.255 e. The summed E-state index contributed by atoms with van der Waals surface area (Å²) in [7, 11) is 0. The fourth-order valence-corrected chi connectivity index (χ4v) is 3.96. The van der Waals surface area contributed by atoms with Crippen molar-refractivity contribution in [3.8, 4) is 0 Å². The van der Waals surface area contributed by atoms with Crippen molar-refractivity contribution in [2.24, 2.45) is 0 Å². The van der Waals surface area contributed by atoms with Crippen LogP contribution in [0.5, 0.6) is 0 Å². The fraction of sp³-hybridized carbons (Fsp3) is 0.562. The lowest BCUT2D eigenvalue weighted by atomic mass is 10.0. The number of hydrogen-bond donors (Lipinski definition) is 0. The van der Waals surface area contributed by atoms with E-state index < -0.39 is 0 Å². The second kappa shape index (κ2) is 6.67. The first kappa shape index (κ1) is 15.3. The van der Waals surface area contributed by atoms with Gasteiger partial charge in [0.25, 0.3) is 5.91 Å². The number of amides is 1. The number of nitrogens with zero attached hydrogens (tertiary/aromatic N) is 2. The number of carbonyl (C=O) groups is 1. The first-order valence-corrected chi connectivity index (χ1v) is 8.81. The van der Waals surface area contributed by atoms with Crippen molar-refractivity contribution >= 4 is 33.4 Å². The Bertz CT molecular complexity index is 531. The second-order valence-electron chi connectivity index (χ2n) is 5.89. The number of hydrogen-bond acceptors (Lipinski definition) is 2. The van der Waals surface area contributed by atoms with Crippen LogP contribution >= 0.6 is 27.5 Å². The zero-order chi connectivity index (χ0) is 14.8. The van der Waals surface area contributed by atoms with E-state index in [1.54, 1.807) is 0 Å². The number of carbonyl (C=O) groups excluding carboxylic acids is 1. The Labute approximate surface area is 139 Å². The molecule has 0 saturated carbocycles. The van der Waals surface area contributed by atoms with Crippen LogP contribution in [0.15, 0.2) is 22.7 Å². The molecule has 0 bridgehead atoms. The molecule has 1 aromatic rings. The molecular weight excluding hydrogens is 352 g/mol. The van der Waals surface area contributed by atoms with E-state index >= 15 is 0 Å². The van der Waals surface area contributed by atoms with Gasteiger partial charge in [0.1, 0.15) is 0 Å². The van der Waals surface area contributed by atoms with E-state index in [4.69, 9.17) is 11.6 Å². The average molecular weight is 372 g/mol. The van der Waals surface area contributed by atoms with Crippen molar-refractivity contribution in [1.82, 2.24) is 9.80 Å². The molecule has 0 radical (unpaired) electrons. The molecule has 1 amide bonds. The zero-order valence-electron chi connectivity index (χ0n) is 12.0. The van der Waals surface area contributed by atoms with Gasteiger partial charge >= 0.3 is 0 Å². The third kappa shape index (κ3) is 3.27. The van der Waals surface area contributed by atoms with Crippen molar-refractivity contribution in [3.63, 3.8) is 0 Å². The normalized spacial score (nSPS) is 23.5. The minimum Gasteiger partial charge on any atom is -0.337 e. The van der Waals surface area contributed by atoms with Gasteiger partial charge in [-0.3, -0.25) is 9.69 Å². The molecular formula is C16H20BrClN2O. The lowest BCUT2D eigenvalue weighted by Gasteiger charge is -2.37. The van der Waals surface area contributed by atoms with E-state index in [0.29, 0.717) is 16.6 Å². The Morgan fingerprint density at radius 3 is 2.71 bits per heavy atom. The molecule has 0 spiro atoms. The molecule has 2 fully saturated rings. The predicted molar refractivity (Wildman–Crippen MR) is 88.9 cm³/mol. The summed E-state index contributed by atoms with van der Waals surface area (Å²) in [4.78, 5) is 17.3. The Hall–Kier alpha value is -0.580. The summed E-state index contributed by atoms with van der Waals surface area (Å²) in [6.45, 7) is 4.04. The molecule has 3 nitrogen and oxygen atoms in total. The Balaban J connectivity index is 1.73. The molecule has 1 atom stereocenters. The van der Waals surface area contributed by atoms with E-state index in [2.05, 4.69) is 20.8 Å². The highest BCUT2D eigenvalue weighted by atomic mass is 79.9. The summed E-state index contributed by atoms with van der Waals surface area (Å²) in [5.41, 5.74) is 0.605. The van der Waals surface area contributed by atoms with Gasteiger partial charge < -0.3 is 4.90 Å². The highest BCUT2D eigenvalue weighted by Crippen LogP contribution is 2.28. The smallest absolute Gasteiger partial charge is 0.255 e. The summed E-state index contributed by atoms with van der Waals surface area (Å²) in [5, 5.41) is 0.519. The van der Waals surface area contributed by atoms with Gasteiger partial charge in [0.15, 0.2) is 0 Å². The summed E-state index contributed by atoms with van der Waals surface area (Å²) in [6, 6.07) is 6.07. The SMILES string of the molecule is O=C(c1cccc(Br)c1Cl)N1CCCC(N2CCCC2)C1. The molecule has 2 heterocycles. The molecule has 114 valence electrons. The molecule has 5 heteroatoms. The fourth-order valence-electron chi connectivity index (χ4n) is 3.38. The van der Waals surface area contributed by atoms with Gasteiger partial charge in [0.2, 0.25) is 0 Å². The van der Waals surface area contributed by atoms with Crippen LogP contribution in [-0.4, -0.2) is 47.9 Å². The van der Waals surface area contributed by atoms with Crippen LogP contribution in [0.4, 0.5) is 0 Å². The van der Waals surface area contributed by atoms with E-state index in [1.165, 1.54) is 32.4 Å². The third-order valence-electron chi connectivity index (χ3n) is 4.52. The molecule has 1 aromatic carbocycles. The van der Waals surface area contributed by atoms with Crippen LogP contribution in [0, 0.1) is 0 Å². The first-order valence-electron chi connectivity index (χ1n) is 7.64. The third-order valence-corrected chi connectivity index (χ3v) is 5.82. The quantitative estimate of drug-likeness (QED) is 0.789. The molecule has 0 aliphatic carbocycles. The topological polar surface area (TPSA) is 23.6 Å². The van der Waals surface area contributed by atoms with Gasteiger partial charge in [0.05, 0.1) is 10.6 Å². The summed E-state index contributed by atoms with van der Waals surface area (Å²) in [5.74, 6) is 0.0604. The van der Waals surface area contributed by atoms with E-state index in [1.807, 2.05) is 23.1 Å². The standard InChI is InChI=1S/C16H20BrClN2O/c17-14-7-3-6-13(15(14)18)16(21)20-10-4-5-12(11-20)19-8-1-2-9-19/h3,6-7,12H,1-2,4-5,8-11H2. The maximum atomic E-state index is 12.7.